The summed E-state index contributed by atoms with van der Waals surface area (Å²) in [5.41, 5.74) is 3.19. The second-order valence-electron chi connectivity index (χ2n) is 12.2. The lowest BCUT2D eigenvalue weighted by molar-refractivity contribution is 0.176. The molecule has 0 radical (unpaired) electrons. The van der Waals surface area contributed by atoms with Crippen molar-refractivity contribution in [1.82, 2.24) is 9.21 Å². The molecule has 1 heterocycles. The molecule has 0 amide bonds. The molecule has 0 aromatic heterocycles. The average Bonchev–Trinajstić information content (AvgIpc) is 3.78. The van der Waals surface area contributed by atoms with Crippen LogP contribution >= 0.6 is 0 Å². The fourth-order valence-corrected chi connectivity index (χ4v) is 6.85. The molecule has 0 bridgehead atoms. The van der Waals surface area contributed by atoms with Crippen molar-refractivity contribution >= 4 is 22.8 Å². The second-order valence-corrected chi connectivity index (χ2v) is 14.1. The van der Waals surface area contributed by atoms with Crippen LogP contribution in [-0.2, 0) is 27.8 Å². The number of rotatable bonds is 15. The quantitative estimate of drug-likeness (QED) is 0.170. The number of hydrogen-bond acceptors (Lipinski definition) is 5. The van der Waals surface area contributed by atoms with E-state index in [-0.39, 0.29) is 18.4 Å². The van der Waals surface area contributed by atoms with Crippen molar-refractivity contribution in [3.63, 3.8) is 0 Å². The first-order valence-electron chi connectivity index (χ1n) is 14.3. The van der Waals surface area contributed by atoms with E-state index in [1.807, 2.05) is 36.1 Å². The fourth-order valence-electron chi connectivity index (χ4n) is 5.01. The molecule has 3 aromatic carbocycles. The maximum atomic E-state index is 14.0. The van der Waals surface area contributed by atoms with Gasteiger partial charge in [0.25, 0.3) is 0 Å². The zero-order valence-corrected chi connectivity index (χ0v) is 25.5. The summed E-state index contributed by atoms with van der Waals surface area (Å²) in [7, 11) is -1.71. The normalized spacial score (nSPS) is 13.8. The molecule has 1 saturated heterocycles. The molecule has 0 atom stereocenters. The van der Waals surface area contributed by atoms with E-state index >= 15 is 0 Å². The SMILES string of the molecule is CC(C)CN(CC(C)(C)CCN(Cc1ccccc1)Cc1ccccc1)S(=O)(=O)c1cccc(N(C)B2CO2)c1. The zero-order chi connectivity index (χ0) is 28.8. The third kappa shape index (κ3) is 8.68. The van der Waals surface area contributed by atoms with Gasteiger partial charge in [-0.2, -0.15) is 4.31 Å². The lowest BCUT2D eigenvalue weighted by Gasteiger charge is -2.35. The minimum Gasteiger partial charge on any atom is -0.418 e. The summed E-state index contributed by atoms with van der Waals surface area (Å²) in [4.78, 5) is 4.79. The van der Waals surface area contributed by atoms with E-state index in [0.29, 0.717) is 24.5 Å². The van der Waals surface area contributed by atoms with Gasteiger partial charge in [-0.05, 0) is 60.7 Å². The van der Waals surface area contributed by atoms with Crippen molar-refractivity contribution in [2.75, 3.05) is 38.0 Å². The van der Waals surface area contributed by atoms with E-state index in [4.69, 9.17) is 4.65 Å². The predicted octanol–water partition coefficient (Wildman–Crippen LogP) is 5.95. The maximum Gasteiger partial charge on any atom is 0.440 e. The van der Waals surface area contributed by atoms with Gasteiger partial charge in [-0.1, -0.05) is 94.4 Å². The Morgan fingerprint density at radius 2 is 1.48 bits per heavy atom. The van der Waals surface area contributed by atoms with Crippen LogP contribution in [0.15, 0.2) is 89.8 Å². The molecule has 3 aromatic rings. The monoisotopic (exact) mass is 561 g/mol. The van der Waals surface area contributed by atoms with Crippen LogP contribution in [0, 0.1) is 11.3 Å². The van der Waals surface area contributed by atoms with Gasteiger partial charge in [0.15, 0.2) is 0 Å². The molecule has 8 heteroatoms. The van der Waals surface area contributed by atoms with Crippen LogP contribution in [0.3, 0.4) is 0 Å². The van der Waals surface area contributed by atoms with E-state index in [0.717, 1.165) is 31.7 Å². The van der Waals surface area contributed by atoms with Crippen LogP contribution in [0.5, 0.6) is 0 Å². The van der Waals surface area contributed by atoms with E-state index in [1.165, 1.54) is 11.1 Å². The third-order valence-electron chi connectivity index (χ3n) is 7.39. The Bertz CT molecular complexity index is 1270. The largest absolute Gasteiger partial charge is 0.440 e. The van der Waals surface area contributed by atoms with E-state index in [1.54, 1.807) is 16.4 Å². The number of sulfonamides is 1. The molecular weight excluding hydrogens is 517 g/mol. The van der Waals surface area contributed by atoms with Crippen LogP contribution in [0.2, 0.25) is 0 Å². The summed E-state index contributed by atoms with van der Waals surface area (Å²) in [6.07, 6.45) is 0.874. The Labute approximate surface area is 242 Å². The van der Waals surface area contributed by atoms with Gasteiger partial charge in [0, 0.05) is 31.9 Å². The van der Waals surface area contributed by atoms with Crippen LogP contribution in [-0.4, -0.2) is 57.9 Å². The lowest BCUT2D eigenvalue weighted by atomic mass is 9.88. The molecule has 1 aliphatic heterocycles. The zero-order valence-electron chi connectivity index (χ0n) is 24.7. The first kappa shape index (κ1) is 30.3. The Morgan fingerprint density at radius 3 is 2.00 bits per heavy atom. The van der Waals surface area contributed by atoms with Gasteiger partial charge in [0.05, 0.1) is 11.4 Å². The number of anilines is 1. The van der Waals surface area contributed by atoms with Crippen LogP contribution in [0.25, 0.3) is 0 Å². The van der Waals surface area contributed by atoms with Gasteiger partial charge in [0.1, 0.15) is 0 Å². The summed E-state index contributed by atoms with van der Waals surface area (Å²) >= 11 is 0. The fraction of sp³-hybridized carbons (Fsp3) is 0.438. The highest BCUT2D eigenvalue weighted by Gasteiger charge is 2.37. The summed E-state index contributed by atoms with van der Waals surface area (Å²) in [5, 5.41) is 0. The van der Waals surface area contributed by atoms with Crippen LogP contribution in [0.1, 0.15) is 45.2 Å². The van der Waals surface area contributed by atoms with Crippen molar-refractivity contribution in [1.29, 1.82) is 0 Å². The number of nitrogens with zero attached hydrogens (tertiary/aromatic N) is 3. The number of benzene rings is 3. The van der Waals surface area contributed by atoms with Crippen molar-refractivity contribution in [2.45, 2.75) is 52.1 Å². The smallest absolute Gasteiger partial charge is 0.418 e. The first-order valence-corrected chi connectivity index (χ1v) is 15.7. The molecule has 0 N–H and O–H groups in total. The molecule has 1 aliphatic rings. The number of hydrogen-bond donors (Lipinski definition) is 0. The molecule has 6 nitrogen and oxygen atoms in total. The van der Waals surface area contributed by atoms with Gasteiger partial charge in [-0.3, -0.25) is 4.90 Å². The van der Waals surface area contributed by atoms with Gasteiger partial charge in [-0.25, -0.2) is 8.42 Å². The van der Waals surface area contributed by atoms with Crippen molar-refractivity contribution in [2.24, 2.45) is 11.3 Å². The maximum absolute atomic E-state index is 14.0. The Morgan fingerprint density at radius 1 is 0.900 bits per heavy atom. The molecule has 4 rings (SSSR count). The summed E-state index contributed by atoms with van der Waals surface area (Å²) in [6.45, 7) is 12.7. The Kier molecular flexibility index (Phi) is 10.1. The topological polar surface area (TPSA) is 56.4 Å². The Balaban J connectivity index is 1.49. The van der Waals surface area contributed by atoms with E-state index in [9.17, 15) is 8.42 Å². The van der Waals surface area contributed by atoms with Gasteiger partial charge in [0.2, 0.25) is 10.0 Å². The summed E-state index contributed by atoms with van der Waals surface area (Å²) in [6, 6.07) is 28.3. The van der Waals surface area contributed by atoms with Gasteiger partial charge < -0.3 is 9.47 Å². The van der Waals surface area contributed by atoms with Crippen molar-refractivity contribution in [3.8, 4) is 0 Å². The molecule has 1 fully saturated rings. The van der Waals surface area contributed by atoms with Gasteiger partial charge >= 0.3 is 7.05 Å². The highest BCUT2D eigenvalue weighted by atomic mass is 32.2. The Hall–Kier alpha value is -2.65. The standard InChI is InChI=1S/C32H44BN3O3S/c1-27(2)22-36(40(37,38)31-18-12-17-30(21-31)34(5)33-26-39-33)25-32(3,4)19-20-35(23-28-13-8-6-9-14-28)24-29-15-10-7-11-16-29/h6-18,21,27H,19-20,22-26H2,1-5H3. The molecule has 0 spiro atoms. The van der Waals surface area contributed by atoms with Crippen molar-refractivity contribution in [3.05, 3.63) is 96.1 Å². The predicted molar refractivity (Wildman–Crippen MR) is 166 cm³/mol. The van der Waals surface area contributed by atoms with Crippen molar-refractivity contribution < 1.29 is 13.1 Å². The highest BCUT2D eigenvalue weighted by Crippen LogP contribution is 2.30. The second kappa shape index (κ2) is 13.3. The molecular formula is C32H44BN3O3S. The molecule has 0 unspecified atom stereocenters. The highest BCUT2D eigenvalue weighted by molar-refractivity contribution is 7.89. The summed E-state index contributed by atoms with van der Waals surface area (Å²) < 4.78 is 35.1. The minimum absolute atomic E-state index is 0.0263. The van der Waals surface area contributed by atoms with Crippen LogP contribution in [0.4, 0.5) is 5.69 Å². The summed E-state index contributed by atoms with van der Waals surface area (Å²) in [5.74, 6) is 0.212. The average molecular weight is 562 g/mol. The van der Waals surface area contributed by atoms with E-state index in [2.05, 4.69) is 81.1 Å². The van der Waals surface area contributed by atoms with E-state index < -0.39 is 10.0 Å². The molecule has 40 heavy (non-hydrogen) atoms. The molecule has 0 aliphatic carbocycles. The van der Waals surface area contributed by atoms with Gasteiger partial charge in [-0.15, -0.1) is 0 Å². The molecule has 0 saturated carbocycles. The first-order chi connectivity index (χ1) is 19.0. The lowest BCUT2D eigenvalue weighted by Crippen LogP contribution is -2.42. The van der Waals surface area contributed by atoms with Crippen LogP contribution < -0.4 is 4.81 Å². The third-order valence-corrected chi connectivity index (χ3v) is 9.19. The molecule has 214 valence electrons. The minimum atomic E-state index is -3.67.